The molecule has 1 N–H and O–H groups in total. The first-order valence-corrected chi connectivity index (χ1v) is 8.09. The summed E-state index contributed by atoms with van der Waals surface area (Å²) in [6.07, 6.45) is 9.72. The van der Waals surface area contributed by atoms with Crippen molar-refractivity contribution in [3.63, 3.8) is 0 Å². The van der Waals surface area contributed by atoms with Crippen LogP contribution in [0.25, 0.3) is 0 Å². The molecular weight excluding hydrogens is 230 g/mol. The summed E-state index contributed by atoms with van der Waals surface area (Å²) in [6, 6.07) is 9.56. The Balaban J connectivity index is 1.91. The summed E-state index contributed by atoms with van der Waals surface area (Å²) in [5.41, 5.74) is 2.97. The quantitative estimate of drug-likeness (QED) is 0.794. The van der Waals surface area contributed by atoms with Crippen molar-refractivity contribution in [3.05, 3.63) is 35.4 Å². The summed E-state index contributed by atoms with van der Waals surface area (Å²) in [5, 5.41) is 3.74. The van der Waals surface area contributed by atoms with Crippen molar-refractivity contribution >= 4 is 0 Å². The largest absolute Gasteiger partial charge is 0.314 e. The lowest BCUT2D eigenvalue weighted by atomic mass is 9.81. The van der Waals surface area contributed by atoms with Gasteiger partial charge in [0.15, 0.2) is 0 Å². The standard InChI is InChI=1S/C18H29N/c1-3-19-18(17-11-5-4-6-12-17)14-13-16-10-8-7-9-15(16)2/h7-10,17-19H,3-6,11-14H2,1-2H3. The molecule has 2 rings (SSSR count). The summed E-state index contributed by atoms with van der Waals surface area (Å²) >= 11 is 0. The molecule has 0 amide bonds. The Morgan fingerprint density at radius 2 is 1.89 bits per heavy atom. The minimum atomic E-state index is 0.727. The van der Waals surface area contributed by atoms with E-state index in [1.54, 1.807) is 0 Å². The molecule has 1 aliphatic carbocycles. The zero-order valence-electron chi connectivity index (χ0n) is 12.6. The van der Waals surface area contributed by atoms with E-state index in [0.29, 0.717) is 0 Å². The highest BCUT2D eigenvalue weighted by Gasteiger charge is 2.22. The second-order valence-electron chi connectivity index (χ2n) is 6.03. The normalized spacial score (nSPS) is 18.4. The van der Waals surface area contributed by atoms with E-state index in [4.69, 9.17) is 0 Å². The second kappa shape index (κ2) is 7.69. The molecule has 1 heteroatoms. The van der Waals surface area contributed by atoms with E-state index in [1.807, 2.05) is 0 Å². The Morgan fingerprint density at radius 1 is 1.16 bits per heavy atom. The van der Waals surface area contributed by atoms with Crippen LogP contribution in [0.15, 0.2) is 24.3 Å². The lowest BCUT2D eigenvalue weighted by Crippen LogP contribution is -2.37. The second-order valence-corrected chi connectivity index (χ2v) is 6.03. The topological polar surface area (TPSA) is 12.0 Å². The highest BCUT2D eigenvalue weighted by molar-refractivity contribution is 5.25. The van der Waals surface area contributed by atoms with Crippen LogP contribution in [0.4, 0.5) is 0 Å². The van der Waals surface area contributed by atoms with Gasteiger partial charge in [-0.25, -0.2) is 0 Å². The van der Waals surface area contributed by atoms with Gasteiger partial charge >= 0.3 is 0 Å². The lowest BCUT2D eigenvalue weighted by Gasteiger charge is -2.31. The molecule has 19 heavy (non-hydrogen) atoms. The summed E-state index contributed by atoms with van der Waals surface area (Å²) in [7, 11) is 0. The number of nitrogens with one attached hydrogen (secondary N) is 1. The third-order valence-electron chi connectivity index (χ3n) is 4.67. The van der Waals surface area contributed by atoms with E-state index < -0.39 is 0 Å². The van der Waals surface area contributed by atoms with E-state index in [2.05, 4.69) is 43.4 Å². The first-order valence-electron chi connectivity index (χ1n) is 8.09. The maximum Gasteiger partial charge on any atom is 0.00983 e. The summed E-state index contributed by atoms with van der Waals surface area (Å²) < 4.78 is 0. The highest BCUT2D eigenvalue weighted by Crippen LogP contribution is 2.28. The molecule has 1 fully saturated rings. The Kier molecular flexibility index (Phi) is 5.91. The van der Waals surface area contributed by atoms with Crippen LogP contribution in [0.3, 0.4) is 0 Å². The fraction of sp³-hybridized carbons (Fsp3) is 0.667. The Labute approximate surface area is 118 Å². The predicted molar refractivity (Wildman–Crippen MR) is 83.5 cm³/mol. The first-order chi connectivity index (χ1) is 9.31. The van der Waals surface area contributed by atoms with Crippen molar-refractivity contribution in [2.45, 2.75) is 64.8 Å². The number of rotatable bonds is 6. The van der Waals surface area contributed by atoms with Crippen molar-refractivity contribution in [3.8, 4) is 0 Å². The number of hydrogen-bond donors (Lipinski definition) is 1. The van der Waals surface area contributed by atoms with Crippen molar-refractivity contribution in [1.29, 1.82) is 0 Å². The molecule has 1 aromatic carbocycles. The lowest BCUT2D eigenvalue weighted by molar-refractivity contribution is 0.261. The molecule has 1 saturated carbocycles. The molecule has 0 heterocycles. The van der Waals surface area contributed by atoms with Crippen molar-refractivity contribution in [1.82, 2.24) is 5.32 Å². The molecule has 0 bridgehead atoms. The maximum atomic E-state index is 3.74. The number of aryl methyl sites for hydroxylation is 2. The fourth-order valence-electron chi connectivity index (χ4n) is 3.50. The van der Waals surface area contributed by atoms with Crippen molar-refractivity contribution < 1.29 is 0 Å². The van der Waals surface area contributed by atoms with Crippen molar-refractivity contribution in [2.24, 2.45) is 5.92 Å². The van der Waals surface area contributed by atoms with Gasteiger partial charge in [0.25, 0.3) is 0 Å². The third kappa shape index (κ3) is 4.35. The molecule has 0 radical (unpaired) electrons. The summed E-state index contributed by atoms with van der Waals surface area (Å²) in [5.74, 6) is 0.915. The van der Waals surface area contributed by atoms with Gasteiger partial charge in [-0.1, -0.05) is 50.5 Å². The molecule has 1 aliphatic rings. The van der Waals surface area contributed by atoms with Gasteiger partial charge in [-0.05, 0) is 56.2 Å². The van der Waals surface area contributed by atoms with Gasteiger partial charge in [0.1, 0.15) is 0 Å². The molecule has 1 atom stereocenters. The Bertz CT molecular complexity index is 366. The summed E-state index contributed by atoms with van der Waals surface area (Å²) in [4.78, 5) is 0. The molecule has 106 valence electrons. The van der Waals surface area contributed by atoms with Crippen LogP contribution in [0.1, 0.15) is 56.6 Å². The molecule has 0 aromatic heterocycles. The van der Waals surface area contributed by atoms with Crippen LogP contribution >= 0.6 is 0 Å². The van der Waals surface area contributed by atoms with E-state index in [1.165, 1.54) is 56.1 Å². The van der Waals surface area contributed by atoms with Gasteiger partial charge in [-0.15, -0.1) is 0 Å². The van der Waals surface area contributed by atoms with Crippen molar-refractivity contribution in [2.75, 3.05) is 6.54 Å². The highest BCUT2D eigenvalue weighted by atomic mass is 14.9. The smallest absolute Gasteiger partial charge is 0.00983 e. The SMILES string of the molecule is CCNC(CCc1ccccc1C)C1CCCCC1. The van der Waals surface area contributed by atoms with E-state index >= 15 is 0 Å². The van der Waals surface area contributed by atoms with Gasteiger partial charge in [0, 0.05) is 6.04 Å². The van der Waals surface area contributed by atoms with Crippen LogP contribution in [-0.2, 0) is 6.42 Å². The zero-order chi connectivity index (χ0) is 13.5. The van der Waals surface area contributed by atoms with E-state index in [9.17, 15) is 0 Å². The molecule has 1 nitrogen and oxygen atoms in total. The molecule has 0 aliphatic heterocycles. The van der Waals surface area contributed by atoms with Gasteiger partial charge in [0.05, 0.1) is 0 Å². The van der Waals surface area contributed by atoms with E-state index in [0.717, 1.165) is 18.5 Å². The molecular formula is C18H29N. The molecule has 0 spiro atoms. The van der Waals surface area contributed by atoms with Gasteiger partial charge in [-0.3, -0.25) is 0 Å². The van der Waals surface area contributed by atoms with Gasteiger partial charge < -0.3 is 5.32 Å². The monoisotopic (exact) mass is 259 g/mol. The van der Waals surface area contributed by atoms with Crippen LogP contribution in [0, 0.1) is 12.8 Å². The Morgan fingerprint density at radius 3 is 2.58 bits per heavy atom. The zero-order valence-corrected chi connectivity index (χ0v) is 12.6. The third-order valence-corrected chi connectivity index (χ3v) is 4.67. The first kappa shape index (κ1) is 14.6. The minimum absolute atomic E-state index is 0.727. The molecule has 1 unspecified atom stereocenters. The van der Waals surface area contributed by atoms with Crippen LogP contribution < -0.4 is 5.32 Å². The number of hydrogen-bond acceptors (Lipinski definition) is 1. The maximum absolute atomic E-state index is 3.74. The molecule has 0 saturated heterocycles. The summed E-state index contributed by atoms with van der Waals surface area (Å²) in [6.45, 7) is 5.58. The number of benzene rings is 1. The van der Waals surface area contributed by atoms with Crippen LogP contribution in [-0.4, -0.2) is 12.6 Å². The minimum Gasteiger partial charge on any atom is -0.314 e. The Hall–Kier alpha value is -0.820. The van der Waals surface area contributed by atoms with Crippen LogP contribution in [0.2, 0.25) is 0 Å². The van der Waals surface area contributed by atoms with Gasteiger partial charge in [0.2, 0.25) is 0 Å². The van der Waals surface area contributed by atoms with E-state index in [-0.39, 0.29) is 0 Å². The van der Waals surface area contributed by atoms with Crippen LogP contribution in [0.5, 0.6) is 0 Å². The average molecular weight is 259 g/mol. The average Bonchev–Trinajstić information content (AvgIpc) is 2.46. The fourth-order valence-corrected chi connectivity index (χ4v) is 3.50. The molecule has 1 aromatic rings. The van der Waals surface area contributed by atoms with Gasteiger partial charge in [-0.2, -0.15) is 0 Å². The predicted octanol–water partition coefficient (Wildman–Crippen LogP) is 4.49.